The molecule has 3 rings (SSSR count). The second-order valence-corrected chi connectivity index (χ2v) is 5.33. The molecule has 2 aliphatic rings. The molecule has 0 radical (unpaired) electrons. The zero-order valence-electron chi connectivity index (χ0n) is 10.7. The fourth-order valence-corrected chi connectivity index (χ4v) is 2.64. The summed E-state index contributed by atoms with van der Waals surface area (Å²) in [5.74, 6) is 0.246. The van der Waals surface area contributed by atoms with Crippen LogP contribution in [-0.2, 0) is 0 Å². The van der Waals surface area contributed by atoms with Crippen molar-refractivity contribution in [3.05, 3.63) is 35.9 Å². The van der Waals surface area contributed by atoms with E-state index in [0.29, 0.717) is 6.54 Å². The molecule has 1 aromatic carbocycles. The summed E-state index contributed by atoms with van der Waals surface area (Å²) in [6, 6.07) is 10.5. The lowest BCUT2D eigenvalue weighted by atomic mass is 10.1. The zero-order chi connectivity index (χ0) is 12.4. The maximum atomic E-state index is 12.1. The molecule has 1 saturated carbocycles. The first-order chi connectivity index (χ1) is 8.83. The van der Waals surface area contributed by atoms with Crippen molar-refractivity contribution in [3.8, 4) is 0 Å². The SMILES string of the molecule is O=C(CN1CCN(C2CC2)CC1)c1ccccc1. The van der Waals surface area contributed by atoms with Gasteiger partial charge in [0.15, 0.2) is 5.78 Å². The molecule has 0 N–H and O–H groups in total. The predicted octanol–water partition coefficient (Wildman–Crippen LogP) is 1.65. The van der Waals surface area contributed by atoms with Gasteiger partial charge in [-0.25, -0.2) is 0 Å². The molecule has 0 amide bonds. The molecular formula is C15H20N2O. The van der Waals surface area contributed by atoms with Crippen LogP contribution in [0.15, 0.2) is 30.3 Å². The van der Waals surface area contributed by atoms with E-state index in [-0.39, 0.29) is 5.78 Å². The van der Waals surface area contributed by atoms with Gasteiger partial charge in [-0.15, -0.1) is 0 Å². The van der Waals surface area contributed by atoms with Crippen molar-refractivity contribution in [2.75, 3.05) is 32.7 Å². The second-order valence-electron chi connectivity index (χ2n) is 5.33. The summed E-state index contributed by atoms with van der Waals surface area (Å²) in [5, 5.41) is 0. The third-order valence-corrected chi connectivity index (χ3v) is 3.93. The highest BCUT2D eigenvalue weighted by Crippen LogP contribution is 2.27. The summed E-state index contributed by atoms with van der Waals surface area (Å²) in [4.78, 5) is 16.9. The Hall–Kier alpha value is -1.19. The zero-order valence-corrected chi connectivity index (χ0v) is 10.7. The number of carbonyl (C=O) groups excluding carboxylic acids is 1. The Morgan fingerprint density at radius 2 is 1.72 bits per heavy atom. The Morgan fingerprint density at radius 1 is 1.06 bits per heavy atom. The molecular weight excluding hydrogens is 224 g/mol. The molecule has 0 atom stereocenters. The van der Waals surface area contributed by atoms with Crippen LogP contribution < -0.4 is 0 Å². The second kappa shape index (κ2) is 5.21. The van der Waals surface area contributed by atoms with E-state index in [2.05, 4.69) is 9.80 Å². The number of nitrogens with zero attached hydrogens (tertiary/aromatic N) is 2. The van der Waals surface area contributed by atoms with Crippen molar-refractivity contribution in [1.82, 2.24) is 9.80 Å². The van der Waals surface area contributed by atoms with Crippen LogP contribution in [0.2, 0.25) is 0 Å². The molecule has 3 nitrogen and oxygen atoms in total. The van der Waals surface area contributed by atoms with Crippen molar-refractivity contribution in [2.45, 2.75) is 18.9 Å². The van der Waals surface area contributed by atoms with E-state index in [1.54, 1.807) is 0 Å². The molecule has 1 saturated heterocycles. The fourth-order valence-electron chi connectivity index (χ4n) is 2.64. The van der Waals surface area contributed by atoms with Gasteiger partial charge in [0.1, 0.15) is 0 Å². The average molecular weight is 244 g/mol. The number of hydrogen-bond acceptors (Lipinski definition) is 3. The van der Waals surface area contributed by atoms with E-state index in [1.807, 2.05) is 30.3 Å². The minimum absolute atomic E-state index is 0.246. The molecule has 18 heavy (non-hydrogen) atoms. The quantitative estimate of drug-likeness (QED) is 0.752. The third-order valence-electron chi connectivity index (χ3n) is 3.93. The summed E-state index contributed by atoms with van der Waals surface area (Å²) in [5.41, 5.74) is 0.835. The van der Waals surface area contributed by atoms with Gasteiger partial charge in [-0.3, -0.25) is 14.6 Å². The molecule has 1 aliphatic heterocycles. The average Bonchev–Trinajstić information content (AvgIpc) is 3.25. The van der Waals surface area contributed by atoms with Crippen LogP contribution in [-0.4, -0.2) is 54.3 Å². The number of benzene rings is 1. The lowest BCUT2D eigenvalue weighted by molar-refractivity contribution is 0.0843. The lowest BCUT2D eigenvalue weighted by Crippen LogP contribution is -2.48. The Morgan fingerprint density at radius 3 is 2.33 bits per heavy atom. The molecule has 0 bridgehead atoms. The monoisotopic (exact) mass is 244 g/mol. The molecule has 2 fully saturated rings. The maximum absolute atomic E-state index is 12.1. The highest BCUT2D eigenvalue weighted by atomic mass is 16.1. The molecule has 3 heteroatoms. The number of carbonyl (C=O) groups is 1. The van der Waals surface area contributed by atoms with E-state index in [0.717, 1.165) is 37.8 Å². The van der Waals surface area contributed by atoms with Crippen LogP contribution in [0.25, 0.3) is 0 Å². The summed E-state index contributed by atoms with van der Waals surface area (Å²) in [7, 11) is 0. The molecule has 1 heterocycles. The first-order valence-corrected chi connectivity index (χ1v) is 6.87. The van der Waals surface area contributed by atoms with E-state index >= 15 is 0 Å². The molecule has 0 unspecified atom stereocenters. The topological polar surface area (TPSA) is 23.6 Å². The number of Topliss-reactive ketones (excluding diaryl/α,β-unsaturated/α-hetero) is 1. The van der Waals surface area contributed by atoms with Gasteiger partial charge in [-0.2, -0.15) is 0 Å². The molecule has 0 aromatic heterocycles. The van der Waals surface area contributed by atoms with Crippen molar-refractivity contribution in [3.63, 3.8) is 0 Å². The Labute approximate surface area is 108 Å². The van der Waals surface area contributed by atoms with Crippen LogP contribution in [0.5, 0.6) is 0 Å². The van der Waals surface area contributed by atoms with Gasteiger partial charge in [0, 0.05) is 37.8 Å². The molecule has 96 valence electrons. The Kier molecular flexibility index (Phi) is 3.43. The number of hydrogen-bond donors (Lipinski definition) is 0. The number of ketones is 1. The van der Waals surface area contributed by atoms with Crippen molar-refractivity contribution < 1.29 is 4.79 Å². The van der Waals surface area contributed by atoms with Gasteiger partial charge in [-0.1, -0.05) is 30.3 Å². The van der Waals surface area contributed by atoms with Crippen LogP contribution in [0.3, 0.4) is 0 Å². The summed E-state index contributed by atoms with van der Waals surface area (Å²) in [6.07, 6.45) is 2.76. The van der Waals surface area contributed by atoms with Gasteiger partial charge in [-0.05, 0) is 12.8 Å². The smallest absolute Gasteiger partial charge is 0.176 e. The summed E-state index contributed by atoms with van der Waals surface area (Å²) in [6.45, 7) is 4.91. The standard InChI is InChI=1S/C15H20N2O/c18-15(13-4-2-1-3-5-13)12-16-8-10-17(11-9-16)14-6-7-14/h1-5,14H,6-12H2. The van der Waals surface area contributed by atoms with Gasteiger partial charge in [0.25, 0.3) is 0 Å². The van der Waals surface area contributed by atoms with Crippen molar-refractivity contribution in [2.24, 2.45) is 0 Å². The first kappa shape index (κ1) is 11.9. The first-order valence-electron chi connectivity index (χ1n) is 6.87. The van der Waals surface area contributed by atoms with Crippen LogP contribution >= 0.6 is 0 Å². The normalized spacial score (nSPS) is 22.0. The highest BCUT2D eigenvalue weighted by Gasteiger charge is 2.31. The largest absolute Gasteiger partial charge is 0.298 e. The van der Waals surface area contributed by atoms with Crippen molar-refractivity contribution in [1.29, 1.82) is 0 Å². The van der Waals surface area contributed by atoms with Crippen molar-refractivity contribution >= 4 is 5.78 Å². The minimum Gasteiger partial charge on any atom is -0.298 e. The molecule has 1 aliphatic carbocycles. The lowest BCUT2D eigenvalue weighted by Gasteiger charge is -2.34. The van der Waals surface area contributed by atoms with Crippen LogP contribution in [0.4, 0.5) is 0 Å². The van der Waals surface area contributed by atoms with Gasteiger partial charge >= 0.3 is 0 Å². The Balaban J connectivity index is 1.50. The Bertz CT molecular complexity index is 406. The van der Waals surface area contributed by atoms with Gasteiger partial charge in [0.05, 0.1) is 6.54 Å². The highest BCUT2D eigenvalue weighted by molar-refractivity contribution is 5.97. The van der Waals surface area contributed by atoms with Crippen LogP contribution in [0.1, 0.15) is 23.2 Å². The van der Waals surface area contributed by atoms with E-state index in [1.165, 1.54) is 12.8 Å². The molecule has 0 spiro atoms. The van der Waals surface area contributed by atoms with E-state index < -0.39 is 0 Å². The predicted molar refractivity (Wildman–Crippen MR) is 71.8 cm³/mol. The molecule has 1 aromatic rings. The summed E-state index contributed by atoms with van der Waals surface area (Å²) >= 11 is 0. The minimum atomic E-state index is 0.246. The van der Waals surface area contributed by atoms with Gasteiger partial charge in [0.2, 0.25) is 0 Å². The number of piperazine rings is 1. The number of rotatable bonds is 4. The maximum Gasteiger partial charge on any atom is 0.176 e. The summed E-state index contributed by atoms with van der Waals surface area (Å²) < 4.78 is 0. The van der Waals surface area contributed by atoms with E-state index in [4.69, 9.17) is 0 Å². The third kappa shape index (κ3) is 2.79. The van der Waals surface area contributed by atoms with E-state index in [9.17, 15) is 4.79 Å². The van der Waals surface area contributed by atoms with Crippen LogP contribution in [0, 0.1) is 0 Å². The fraction of sp³-hybridized carbons (Fsp3) is 0.533. The van der Waals surface area contributed by atoms with Gasteiger partial charge < -0.3 is 0 Å².